The first-order valence-corrected chi connectivity index (χ1v) is 7.84. The Morgan fingerprint density at radius 1 is 1.23 bits per heavy atom. The molecule has 1 aromatic carbocycles. The number of benzene rings is 1. The number of guanidine groups is 1. The first-order chi connectivity index (χ1) is 10.8. The fourth-order valence-corrected chi connectivity index (χ4v) is 2.02. The summed E-state index contributed by atoms with van der Waals surface area (Å²) in [5.41, 5.74) is 1.22. The highest BCUT2D eigenvalue weighted by Gasteiger charge is 2.03. The molecule has 1 unspecified atom stereocenters. The van der Waals surface area contributed by atoms with Gasteiger partial charge in [-0.3, -0.25) is 4.99 Å². The zero-order valence-electron chi connectivity index (χ0n) is 14.0. The zero-order valence-corrected chi connectivity index (χ0v) is 14.0. The molecule has 2 N–H and O–H groups in total. The molecule has 0 saturated heterocycles. The lowest BCUT2D eigenvalue weighted by Crippen LogP contribution is -2.44. The molecule has 0 aliphatic carbocycles. The van der Waals surface area contributed by atoms with Crippen molar-refractivity contribution < 1.29 is 9.47 Å². The molecule has 124 valence electrons. The number of hydrogen-bond donors (Lipinski definition) is 2. The molecule has 0 heterocycles. The number of aliphatic imine (C=N–C) groups is 1. The molecule has 0 aliphatic rings. The van der Waals surface area contributed by atoms with Gasteiger partial charge in [0.1, 0.15) is 0 Å². The Kier molecular flexibility index (Phi) is 10.1. The van der Waals surface area contributed by atoms with Gasteiger partial charge in [0, 0.05) is 33.4 Å². The number of nitrogens with one attached hydrogen (secondary N) is 2. The van der Waals surface area contributed by atoms with Crippen molar-refractivity contribution in [3.05, 3.63) is 35.9 Å². The van der Waals surface area contributed by atoms with Crippen molar-refractivity contribution in [1.82, 2.24) is 10.6 Å². The summed E-state index contributed by atoms with van der Waals surface area (Å²) in [6.45, 7) is 5.07. The second-order valence-electron chi connectivity index (χ2n) is 5.25. The van der Waals surface area contributed by atoms with Crippen molar-refractivity contribution in [2.24, 2.45) is 4.99 Å². The molecule has 22 heavy (non-hydrogen) atoms. The van der Waals surface area contributed by atoms with Crippen LogP contribution in [0, 0.1) is 0 Å². The third-order valence-corrected chi connectivity index (χ3v) is 3.14. The maximum absolute atomic E-state index is 5.66. The second kappa shape index (κ2) is 12.0. The van der Waals surface area contributed by atoms with Crippen molar-refractivity contribution in [3.63, 3.8) is 0 Å². The standard InChI is InChI=1S/C17H29N3O2/c1-15(13-21-3)20-17(18-2)19-11-7-8-12-22-14-16-9-5-4-6-10-16/h4-6,9-10,15H,7-8,11-14H2,1-3H3,(H2,18,19,20). The normalized spacial score (nSPS) is 13.0. The first-order valence-electron chi connectivity index (χ1n) is 7.84. The van der Waals surface area contributed by atoms with Crippen molar-refractivity contribution in [3.8, 4) is 0 Å². The lowest BCUT2D eigenvalue weighted by atomic mass is 10.2. The van der Waals surface area contributed by atoms with Crippen molar-refractivity contribution >= 4 is 5.96 Å². The van der Waals surface area contributed by atoms with Gasteiger partial charge in [0.2, 0.25) is 0 Å². The van der Waals surface area contributed by atoms with E-state index in [2.05, 4.69) is 34.7 Å². The molecule has 1 atom stereocenters. The molecule has 0 amide bonds. The third kappa shape index (κ3) is 8.64. The predicted molar refractivity (Wildman–Crippen MR) is 91.2 cm³/mol. The molecular weight excluding hydrogens is 278 g/mol. The minimum atomic E-state index is 0.241. The van der Waals surface area contributed by atoms with Gasteiger partial charge >= 0.3 is 0 Å². The van der Waals surface area contributed by atoms with Gasteiger partial charge < -0.3 is 20.1 Å². The van der Waals surface area contributed by atoms with Gasteiger partial charge in [-0.05, 0) is 25.3 Å². The van der Waals surface area contributed by atoms with E-state index in [4.69, 9.17) is 9.47 Å². The van der Waals surface area contributed by atoms with Crippen LogP contribution in [-0.2, 0) is 16.1 Å². The van der Waals surface area contributed by atoms with Crippen LogP contribution in [0.2, 0.25) is 0 Å². The van der Waals surface area contributed by atoms with Crippen LogP contribution >= 0.6 is 0 Å². The van der Waals surface area contributed by atoms with Crippen molar-refractivity contribution in [2.45, 2.75) is 32.4 Å². The first kappa shape index (κ1) is 18.5. The van der Waals surface area contributed by atoms with Gasteiger partial charge in [-0.25, -0.2) is 0 Å². The number of nitrogens with zero attached hydrogens (tertiary/aromatic N) is 1. The van der Waals surface area contributed by atoms with Gasteiger partial charge in [0.05, 0.1) is 13.2 Å². The molecule has 0 saturated carbocycles. The number of rotatable bonds is 10. The second-order valence-corrected chi connectivity index (χ2v) is 5.25. The highest BCUT2D eigenvalue weighted by molar-refractivity contribution is 5.79. The number of hydrogen-bond acceptors (Lipinski definition) is 3. The van der Waals surface area contributed by atoms with Gasteiger partial charge in [-0.15, -0.1) is 0 Å². The summed E-state index contributed by atoms with van der Waals surface area (Å²) in [6, 6.07) is 10.5. The highest BCUT2D eigenvalue weighted by atomic mass is 16.5. The number of methoxy groups -OCH3 is 1. The van der Waals surface area contributed by atoms with Crippen LogP contribution in [0.25, 0.3) is 0 Å². The molecular formula is C17H29N3O2. The molecule has 0 aromatic heterocycles. The summed E-state index contributed by atoms with van der Waals surface area (Å²) >= 11 is 0. The maximum atomic E-state index is 5.66. The fraction of sp³-hybridized carbons (Fsp3) is 0.588. The van der Waals surface area contributed by atoms with E-state index in [-0.39, 0.29) is 6.04 Å². The molecule has 0 aliphatic heterocycles. The Morgan fingerprint density at radius 2 is 2.00 bits per heavy atom. The smallest absolute Gasteiger partial charge is 0.191 e. The quantitative estimate of drug-likeness (QED) is 0.395. The molecule has 0 spiro atoms. The van der Waals surface area contributed by atoms with Crippen molar-refractivity contribution in [1.29, 1.82) is 0 Å². The summed E-state index contributed by atoms with van der Waals surface area (Å²) in [5.74, 6) is 0.815. The van der Waals surface area contributed by atoms with E-state index in [9.17, 15) is 0 Å². The van der Waals surface area contributed by atoms with E-state index >= 15 is 0 Å². The molecule has 5 nitrogen and oxygen atoms in total. The van der Waals surface area contributed by atoms with E-state index in [1.54, 1.807) is 14.2 Å². The minimum absolute atomic E-state index is 0.241. The molecule has 1 aromatic rings. The zero-order chi connectivity index (χ0) is 16.0. The summed E-state index contributed by atoms with van der Waals surface area (Å²) in [5, 5.41) is 6.57. The SMILES string of the molecule is CN=C(NCCCCOCc1ccccc1)NC(C)COC. The van der Waals surface area contributed by atoms with E-state index in [1.165, 1.54) is 5.56 Å². The van der Waals surface area contributed by atoms with Gasteiger partial charge in [0.25, 0.3) is 0 Å². The predicted octanol–water partition coefficient (Wildman–Crippen LogP) is 2.18. The molecule has 1 rings (SSSR count). The van der Waals surface area contributed by atoms with Crippen LogP contribution < -0.4 is 10.6 Å². The van der Waals surface area contributed by atoms with E-state index in [1.807, 2.05) is 18.2 Å². The Bertz CT molecular complexity index is 410. The summed E-state index contributed by atoms with van der Waals surface area (Å²) in [6.07, 6.45) is 2.08. The number of ether oxygens (including phenoxy) is 2. The van der Waals surface area contributed by atoms with Crippen LogP contribution in [-0.4, -0.2) is 45.9 Å². The van der Waals surface area contributed by atoms with Crippen LogP contribution in [0.5, 0.6) is 0 Å². The molecule has 0 bridgehead atoms. The van der Waals surface area contributed by atoms with Gasteiger partial charge in [-0.2, -0.15) is 0 Å². The minimum Gasteiger partial charge on any atom is -0.383 e. The number of unbranched alkanes of at least 4 members (excludes halogenated alkanes) is 1. The summed E-state index contributed by atoms with van der Waals surface area (Å²) in [4.78, 5) is 4.19. The third-order valence-electron chi connectivity index (χ3n) is 3.14. The Balaban J connectivity index is 2.02. The van der Waals surface area contributed by atoms with Gasteiger partial charge in [-0.1, -0.05) is 30.3 Å². The Labute approximate surface area is 134 Å². The van der Waals surface area contributed by atoms with Crippen LogP contribution in [0.4, 0.5) is 0 Å². The summed E-state index contributed by atoms with van der Waals surface area (Å²) < 4.78 is 10.8. The fourth-order valence-electron chi connectivity index (χ4n) is 2.02. The maximum Gasteiger partial charge on any atom is 0.191 e. The summed E-state index contributed by atoms with van der Waals surface area (Å²) in [7, 11) is 3.47. The molecule has 5 heteroatoms. The van der Waals surface area contributed by atoms with E-state index < -0.39 is 0 Å². The van der Waals surface area contributed by atoms with Gasteiger partial charge in [0.15, 0.2) is 5.96 Å². The monoisotopic (exact) mass is 307 g/mol. The lowest BCUT2D eigenvalue weighted by molar-refractivity contribution is 0.117. The largest absolute Gasteiger partial charge is 0.383 e. The van der Waals surface area contributed by atoms with E-state index in [0.717, 1.165) is 32.0 Å². The topological polar surface area (TPSA) is 54.9 Å². The Morgan fingerprint density at radius 3 is 2.68 bits per heavy atom. The van der Waals surface area contributed by atoms with Crippen LogP contribution in [0.15, 0.2) is 35.3 Å². The van der Waals surface area contributed by atoms with Crippen molar-refractivity contribution in [2.75, 3.05) is 33.9 Å². The van der Waals surface area contributed by atoms with E-state index in [0.29, 0.717) is 13.2 Å². The average molecular weight is 307 g/mol. The Hall–Kier alpha value is -1.59. The van der Waals surface area contributed by atoms with Crippen LogP contribution in [0.3, 0.4) is 0 Å². The molecule has 0 radical (unpaired) electrons. The highest BCUT2D eigenvalue weighted by Crippen LogP contribution is 2.01. The lowest BCUT2D eigenvalue weighted by Gasteiger charge is -2.17. The molecule has 0 fully saturated rings. The average Bonchev–Trinajstić information content (AvgIpc) is 2.54. The van der Waals surface area contributed by atoms with Crippen LogP contribution in [0.1, 0.15) is 25.3 Å².